The maximum absolute atomic E-state index is 12.3. The van der Waals surface area contributed by atoms with E-state index in [2.05, 4.69) is 4.74 Å². The molecule has 0 radical (unpaired) electrons. The highest BCUT2D eigenvalue weighted by atomic mass is 19.3. The summed E-state index contributed by atoms with van der Waals surface area (Å²) in [6, 6.07) is 9.16. The zero-order valence-electron chi connectivity index (χ0n) is 8.51. The Hall–Kier alpha value is -1.10. The highest BCUT2D eigenvalue weighted by Crippen LogP contribution is 2.24. The van der Waals surface area contributed by atoms with Gasteiger partial charge in [-0.05, 0) is 18.4 Å². The smallest absolute Gasteiger partial charge is 0.316 e. The molecular weight excluding hydrogens is 224 g/mol. The third kappa shape index (κ3) is 4.18. The van der Waals surface area contributed by atoms with Crippen LogP contribution in [0.5, 0.6) is 0 Å². The predicted octanol–water partition coefficient (Wildman–Crippen LogP) is 3.49. The van der Waals surface area contributed by atoms with Crippen molar-refractivity contribution in [2.24, 2.45) is 0 Å². The van der Waals surface area contributed by atoms with Crippen molar-refractivity contribution >= 4 is 0 Å². The van der Waals surface area contributed by atoms with Crippen LogP contribution in [-0.4, -0.2) is 19.1 Å². The molecule has 1 nitrogen and oxygen atoms in total. The van der Waals surface area contributed by atoms with Gasteiger partial charge in [-0.2, -0.15) is 8.78 Å². The lowest BCUT2D eigenvalue weighted by atomic mass is 10.1. The van der Waals surface area contributed by atoms with Crippen molar-refractivity contribution < 1.29 is 22.3 Å². The fraction of sp³-hybridized carbons (Fsp3) is 0.455. The summed E-state index contributed by atoms with van der Waals surface area (Å²) < 4.78 is 51.8. The number of alkyl halides is 4. The van der Waals surface area contributed by atoms with Gasteiger partial charge in [0.25, 0.3) is 0 Å². The molecule has 0 heterocycles. The molecule has 90 valence electrons. The summed E-state index contributed by atoms with van der Waals surface area (Å²) >= 11 is 0. The first-order valence-corrected chi connectivity index (χ1v) is 4.86. The molecule has 0 unspecified atom stereocenters. The standard InChI is InChI=1S/C11H12F4O/c12-10(13)11(14,15)16-8-4-7-9-5-2-1-3-6-9/h1-3,5-6,10H,4,7-8H2. The second kappa shape index (κ2) is 5.84. The Morgan fingerprint density at radius 2 is 1.75 bits per heavy atom. The minimum atomic E-state index is -4.34. The van der Waals surface area contributed by atoms with Gasteiger partial charge in [0.2, 0.25) is 0 Å². The predicted molar refractivity (Wildman–Crippen MR) is 51.7 cm³/mol. The van der Waals surface area contributed by atoms with E-state index in [-0.39, 0.29) is 13.0 Å². The average molecular weight is 236 g/mol. The lowest BCUT2D eigenvalue weighted by molar-refractivity contribution is -0.300. The van der Waals surface area contributed by atoms with Crippen molar-refractivity contribution in [1.29, 1.82) is 0 Å². The highest BCUT2D eigenvalue weighted by molar-refractivity contribution is 5.14. The maximum atomic E-state index is 12.3. The monoisotopic (exact) mass is 236 g/mol. The van der Waals surface area contributed by atoms with Gasteiger partial charge < -0.3 is 4.74 Å². The molecule has 0 aliphatic heterocycles. The van der Waals surface area contributed by atoms with Crippen molar-refractivity contribution in [2.75, 3.05) is 6.61 Å². The average Bonchev–Trinajstić information content (AvgIpc) is 2.26. The molecule has 0 amide bonds. The lowest BCUT2D eigenvalue weighted by Crippen LogP contribution is -2.30. The van der Waals surface area contributed by atoms with Gasteiger partial charge in [-0.3, -0.25) is 0 Å². The van der Waals surface area contributed by atoms with Gasteiger partial charge in [-0.1, -0.05) is 30.3 Å². The fourth-order valence-electron chi connectivity index (χ4n) is 1.19. The first-order valence-electron chi connectivity index (χ1n) is 4.86. The van der Waals surface area contributed by atoms with Gasteiger partial charge in [0, 0.05) is 0 Å². The van der Waals surface area contributed by atoms with Crippen molar-refractivity contribution in [3.63, 3.8) is 0 Å². The van der Waals surface area contributed by atoms with E-state index in [1.165, 1.54) is 0 Å². The minimum absolute atomic E-state index is 0.284. The quantitative estimate of drug-likeness (QED) is 0.542. The van der Waals surface area contributed by atoms with Crippen molar-refractivity contribution in [2.45, 2.75) is 25.4 Å². The number of benzene rings is 1. The van der Waals surface area contributed by atoms with E-state index in [9.17, 15) is 17.6 Å². The highest BCUT2D eigenvalue weighted by Gasteiger charge is 2.41. The second-order valence-corrected chi connectivity index (χ2v) is 3.30. The molecule has 0 spiro atoms. The number of ether oxygens (including phenoxy) is 1. The third-order valence-corrected chi connectivity index (χ3v) is 2.00. The number of halogens is 4. The number of aryl methyl sites for hydroxylation is 1. The molecule has 0 aliphatic rings. The molecule has 0 N–H and O–H groups in total. The Bertz CT molecular complexity index is 300. The van der Waals surface area contributed by atoms with Crippen LogP contribution in [0.25, 0.3) is 0 Å². The molecule has 0 aromatic heterocycles. The van der Waals surface area contributed by atoms with E-state index < -0.39 is 12.5 Å². The molecule has 0 atom stereocenters. The molecule has 1 aromatic rings. The molecule has 1 rings (SSSR count). The van der Waals surface area contributed by atoms with Crippen LogP contribution in [-0.2, 0) is 11.2 Å². The fourth-order valence-corrected chi connectivity index (χ4v) is 1.19. The van der Waals surface area contributed by atoms with Crippen LogP contribution in [0.2, 0.25) is 0 Å². The molecule has 16 heavy (non-hydrogen) atoms. The van der Waals surface area contributed by atoms with Crippen LogP contribution in [0.15, 0.2) is 30.3 Å². The number of hydrogen-bond acceptors (Lipinski definition) is 1. The number of hydrogen-bond donors (Lipinski definition) is 0. The Kier molecular flexibility index (Phi) is 4.73. The third-order valence-electron chi connectivity index (χ3n) is 2.00. The van der Waals surface area contributed by atoms with E-state index in [0.29, 0.717) is 6.42 Å². The normalized spacial score (nSPS) is 12.1. The van der Waals surface area contributed by atoms with E-state index in [4.69, 9.17) is 0 Å². The van der Waals surface area contributed by atoms with Crippen LogP contribution < -0.4 is 0 Å². The summed E-state index contributed by atoms with van der Waals surface area (Å²) in [7, 11) is 0. The Labute approximate surface area is 91.0 Å². The second-order valence-electron chi connectivity index (χ2n) is 3.30. The van der Waals surface area contributed by atoms with Crippen LogP contribution in [0.1, 0.15) is 12.0 Å². The summed E-state index contributed by atoms with van der Waals surface area (Å²) in [5.74, 6) is 0. The van der Waals surface area contributed by atoms with Crippen LogP contribution in [0.3, 0.4) is 0 Å². The van der Waals surface area contributed by atoms with Gasteiger partial charge in [0.15, 0.2) is 0 Å². The molecular formula is C11H12F4O. The van der Waals surface area contributed by atoms with E-state index >= 15 is 0 Å². The summed E-state index contributed by atoms with van der Waals surface area (Å²) in [4.78, 5) is 0. The first kappa shape index (κ1) is 13.0. The zero-order chi connectivity index (χ0) is 12.0. The molecule has 5 heteroatoms. The van der Waals surface area contributed by atoms with Crippen molar-refractivity contribution in [3.8, 4) is 0 Å². The topological polar surface area (TPSA) is 9.23 Å². The number of rotatable bonds is 6. The van der Waals surface area contributed by atoms with Crippen molar-refractivity contribution in [3.05, 3.63) is 35.9 Å². The largest absolute Gasteiger partial charge is 0.416 e. The zero-order valence-corrected chi connectivity index (χ0v) is 8.51. The Morgan fingerprint density at radius 1 is 1.12 bits per heavy atom. The summed E-state index contributed by atoms with van der Waals surface area (Å²) in [5, 5.41) is 0. The van der Waals surface area contributed by atoms with Gasteiger partial charge >= 0.3 is 12.5 Å². The van der Waals surface area contributed by atoms with Gasteiger partial charge in [-0.15, -0.1) is 0 Å². The van der Waals surface area contributed by atoms with Gasteiger partial charge in [-0.25, -0.2) is 8.78 Å². The Morgan fingerprint density at radius 3 is 2.31 bits per heavy atom. The summed E-state index contributed by atoms with van der Waals surface area (Å²) in [5.41, 5.74) is 0.964. The van der Waals surface area contributed by atoms with Gasteiger partial charge in [0.05, 0.1) is 6.61 Å². The molecule has 0 saturated carbocycles. The molecule has 0 aliphatic carbocycles. The van der Waals surface area contributed by atoms with E-state index in [0.717, 1.165) is 5.56 Å². The van der Waals surface area contributed by atoms with E-state index in [1.807, 2.05) is 30.3 Å². The van der Waals surface area contributed by atoms with Crippen molar-refractivity contribution in [1.82, 2.24) is 0 Å². The lowest BCUT2D eigenvalue weighted by Gasteiger charge is -2.15. The Balaban J connectivity index is 2.22. The van der Waals surface area contributed by atoms with E-state index in [1.54, 1.807) is 0 Å². The molecule has 1 aromatic carbocycles. The summed E-state index contributed by atoms with van der Waals surface area (Å²) in [6.07, 6.45) is -7.30. The van der Waals surface area contributed by atoms with Crippen LogP contribution >= 0.6 is 0 Å². The molecule has 0 saturated heterocycles. The maximum Gasteiger partial charge on any atom is 0.416 e. The molecule has 0 fully saturated rings. The summed E-state index contributed by atoms with van der Waals surface area (Å²) in [6.45, 7) is -0.383. The molecule has 0 bridgehead atoms. The SMILES string of the molecule is FC(F)C(F)(F)OCCCc1ccccc1. The van der Waals surface area contributed by atoms with Gasteiger partial charge in [0.1, 0.15) is 0 Å². The minimum Gasteiger partial charge on any atom is -0.316 e. The van der Waals surface area contributed by atoms with Crippen LogP contribution in [0.4, 0.5) is 17.6 Å². The van der Waals surface area contributed by atoms with Crippen LogP contribution in [0, 0.1) is 0 Å². The first-order chi connectivity index (χ1) is 7.52.